The fourth-order valence-electron chi connectivity index (χ4n) is 2.05. The first-order valence-corrected chi connectivity index (χ1v) is 6.91. The lowest BCUT2D eigenvalue weighted by Gasteiger charge is -2.07. The van der Waals surface area contributed by atoms with Gasteiger partial charge in [-0.1, -0.05) is 6.92 Å². The number of rotatable bonds is 6. The summed E-state index contributed by atoms with van der Waals surface area (Å²) in [6.45, 7) is 10.2. The minimum Gasteiger partial charge on any atom is -0.377 e. The van der Waals surface area contributed by atoms with Crippen molar-refractivity contribution in [2.24, 2.45) is 0 Å². The molecule has 1 N–H and O–H groups in total. The SMILES string of the molecule is CCCn1nc(C)cc1CNc1cnn(C(C)C)c1.Cl. The molecule has 5 nitrogen and oxygen atoms in total. The molecule has 0 aliphatic carbocycles. The van der Waals surface area contributed by atoms with Gasteiger partial charge in [-0.25, -0.2) is 0 Å². The van der Waals surface area contributed by atoms with Crippen LogP contribution < -0.4 is 5.32 Å². The highest BCUT2D eigenvalue weighted by atomic mass is 35.5. The highest BCUT2D eigenvalue weighted by molar-refractivity contribution is 5.85. The maximum atomic E-state index is 4.50. The Morgan fingerprint density at radius 2 is 2.10 bits per heavy atom. The Balaban J connectivity index is 0.00000200. The largest absolute Gasteiger partial charge is 0.377 e. The van der Waals surface area contributed by atoms with Crippen molar-refractivity contribution in [2.45, 2.75) is 53.2 Å². The van der Waals surface area contributed by atoms with Gasteiger partial charge in [0.15, 0.2) is 0 Å². The van der Waals surface area contributed by atoms with Crippen LogP contribution in [0.2, 0.25) is 0 Å². The van der Waals surface area contributed by atoms with E-state index in [0.29, 0.717) is 6.04 Å². The van der Waals surface area contributed by atoms with E-state index < -0.39 is 0 Å². The minimum atomic E-state index is 0. The molecule has 2 rings (SSSR count). The van der Waals surface area contributed by atoms with Crippen molar-refractivity contribution < 1.29 is 0 Å². The summed E-state index contributed by atoms with van der Waals surface area (Å²) in [5, 5.41) is 12.2. The van der Waals surface area contributed by atoms with Gasteiger partial charge in [0.25, 0.3) is 0 Å². The van der Waals surface area contributed by atoms with Crippen LogP contribution in [0.5, 0.6) is 0 Å². The molecule has 112 valence electrons. The average molecular weight is 298 g/mol. The van der Waals surface area contributed by atoms with E-state index in [2.05, 4.69) is 47.0 Å². The number of nitrogens with zero attached hydrogens (tertiary/aromatic N) is 4. The van der Waals surface area contributed by atoms with Gasteiger partial charge in [0, 0.05) is 18.8 Å². The third-order valence-electron chi connectivity index (χ3n) is 3.03. The van der Waals surface area contributed by atoms with Gasteiger partial charge in [0.2, 0.25) is 0 Å². The van der Waals surface area contributed by atoms with Crippen molar-refractivity contribution in [1.82, 2.24) is 19.6 Å². The molecule has 20 heavy (non-hydrogen) atoms. The quantitative estimate of drug-likeness (QED) is 0.889. The molecule has 0 unspecified atom stereocenters. The van der Waals surface area contributed by atoms with Crippen LogP contribution in [-0.2, 0) is 13.1 Å². The van der Waals surface area contributed by atoms with Crippen LogP contribution in [0.15, 0.2) is 18.5 Å². The molecule has 0 amide bonds. The maximum Gasteiger partial charge on any atom is 0.0729 e. The summed E-state index contributed by atoms with van der Waals surface area (Å²) in [5.41, 5.74) is 3.34. The normalized spacial score (nSPS) is 10.7. The Kier molecular flexibility index (Phi) is 6.07. The van der Waals surface area contributed by atoms with E-state index in [9.17, 15) is 0 Å². The number of anilines is 1. The van der Waals surface area contributed by atoms with Crippen molar-refractivity contribution in [3.63, 3.8) is 0 Å². The van der Waals surface area contributed by atoms with Gasteiger partial charge in [-0.15, -0.1) is 12.4 Å². The number of nitrogens with one attached hydrogen (secondary N) is 1. The summed E-state index contributed by atoms with van der Waals surface area (Å²) >= 11 is 0. The van der Waals surface area contributed by atoms with Gasteiger partial charge in [0.1, 0.15) is 0 Å². The molecule has 2 heterocycles. The molecule has 0 fully saturated rings. The summed E-state index contributed by atoms with van der Waals surface area (Å²) in [7, 11) is 0. The van der Waals surface area contributed by atoms with Crippen LogP contribution in [0.4, 0.5) is 5.69 Å². The Labute approximate surface area is 126 Å². The smallest absolute Gasteiger partial charge is 0.0729 e. The first kappa shape index (κ1) is 16.6. The molecule has 2 aromatic heterocycles. The number of aryl methyl sites for hydroxylation is 2. The fraction of sp³-hybridized carbons (Fsp3) is 0.571. The molecule has 0 aliphatic heterocycles. The zero-order valence-corrected chi connectivity index (χ0v) is 13.4. The zero-order chi connectivity index (χ0) is 13.8. The molecule has 6 heteroatoms. The van der Waals surface area contributed by atoms with Crippen LogP contribution in [0.3, 0.4) is 0 Å². The Morgan fingerprint density at radius 1 is 1.35 bits per heavy atom. The summed E-state index contributed by atoms with van der Waals surface area (Å²) in [6, 6.07) is 2.53. The van der Waals surface area contributed by atoms with E-state index >= 15 is 0 Å². The molecule has 0 aromatic carbocycles. The first-order valence-electron chi connectivity index (χ1n) is 6.91. The second-order valence-electron chi connectivity index (χ2n) is 5.16. The zero-order valence-electron chi connectivity index (χ0n) is 12.6. The van der Waals surface area contributed by atoms with Crippen molar-refractivity contribution >= 4 is 18.1 Å². The highest BCUT2D eigenvalue weighted by Crippen LogP contribution is 2.12. The molecular formula is C14H24ClN5. The van der Waals surface area contributed by atoms with Crippen LogP contribution in [-0.4, -0.2) is 19.6 Å². The Bertz CT molecular complexity index is 529. The van der Waals surface area contributed by atoms with Gasteiger partial charge >= 0.3 is 0 Å². The lowest BCUT2D eigenvalue weighted by atomic mass is 10.3. The third-order valence-corrected chi connectivity index (χ3v) is 3.03. The topological polar surface area (TPSA) is 47.7 Å². The van der Waals surface area contributed by atoms with E-state index in [1.807, 2.05) is 24.0 Å². The fourth-order valence-corrected chi connectivity index (χ4v) is 2.05. The van der Waals surface area contributed by atoms with Crippen molar-refractivity contribution in [1.29, 1.82) is 0 Å². The molecule has 0 atom stereocenters. The number of hydrogen-bond acceptors (Lipinski definition) is 3. The molecule has 0 saturated carbocycles. The van der Waals surface area contributed by atoms with Gasteiger partial charge in [-0.2, -0.15) is 10.2 Å². The third kappa shape index (κ3) is 4.00. The molecule has 0 radical (unpaired) electrons. The molecule has 0 aliphatic rings. The first-order chi connectivity index (χ1) is 9.10. The van der Waals surface area contributed by atoms with E-state index in [-0.39, 0.29) is 12.4 Å². The average Bonchev–Trinajstić information content (AvgIpc) is 2.94. The predicted molar refractivity (Wildman–Crippen MR) is 84.4 cm³/mol. The summed E-state index contributed by atoms with van der Waals surface area (Å²) in [5.74, 6) is 0. The summed E-state index contributed by atoms with van der Waals surface area (Å²) in [4.78, 5) is 0. The van der Waals surface area contributed by atoms with Crippen LogP contribution in [0.25, 0.3) is 0 Å². The lowest BCUT2D eigenvalue weighted by molar-refractivity contribution is 0.532. The molecular weight excluding hydrogens is 274 g/mol. The van der Waals surface area contributed by atoms with Crippen molar-refractivity contribution in [3.05, 3.63) is 29.8 Å². The molecule has 0 bridgehead atoms. The maximum absolute atomic E-state index is 4.50. The highest BCUT2D eigenvalue weighted by Gasteiger charge is 2.06. The Hall–Kier alpha value is -1.49. The van der Waals surface area contributed by atoms with Gasteiger partial charge in [0.05, 0.1) is 29.8 Å². The predicted octanol–water partition coefficient (Wildman–Crippen LogP) is 3.41. The van der Waals surface area contributed by atoms with Gasteiger partial charge in [-0.3, -0.25) is 9.36 Å². The van der Waals surface area contributed by atoms with E-state index in [1.54, 1.807) is 0 Å². The monoisotopic (exact) mass is 297 g/mol. The van der Waals surface area contributed by atoms with Crippen LogP contribution >= 0.6 is 12.4 Å². The van der Waals surface area contributed by atoms with E-state index in [1.165, 1.54) is 5.69 Å². The summed E-state index contributed by atoms with van der Waals surface area (Å²) < 4.78 is 4.03. The van der Waals surface area contributed by atoms with Gasteiger partial charge < -0.3 is 5.32 Å². The van der Waals surface area contributed by atoms with Gasteiger partial charge in [-0.05, 0) is 33.3 Å². The molecule has 0 spiro atoms. The van der Waals surface area contributed by atoms with E-state index in [0.717, 1.165) is 30.9 Å². The molecule has 2 aromatic rings. The second-order valence-corrected chi connectivity index (χ2v) is 5.16. The number of hydrogen-bond donors (Lipinski definition) is 1. The second kappa shape index (κ2) is 7.33. The van der Waals surface area contributed by atoms with E-state index in [4.69, 9.17) is 0 Å². The standard InChI is InChI=1S/C14H23N5.ClH/c1-5-6-18-14(7-12(4)17-18)9-15-13-8-16-19(10-13)11(2)3;/h7-8,10-11,15H,5-6,9H2,1-4H3;1H. The molecule has 0 saturated heterocycles. The summed E-state index contributed by atoms with van der Waals surface area (Å²) in [6.07, 6.45) is 5.00. The lowest BCUT2D eigenvalue weighted by Crippen LogP contribution is -2.08. The van der Waals surface area contributed by atoms with Crippen LogP contribution in [0.1, 0.15) is 44.6 Å². The number of aromatic nitrogens is 4. The van der Waals surface area contributed by atoms with Crippen LogP contribution in [0, 0.1) is 6.92 Å². The minimum absolute atomic E-state index is 0. The number of halogens is 1. The van der Waals surface area contributed by atoms with Crippen molar-refractivity contribution in [2.75, 3.05) is 5.32 Å². The Morgan fingerprint density at radius 3 is 2.70 bits per heavy atom. The van der Waals surface area contributed by atoms with Crippen molar-refractivity contribution in [3.8, 4) is 0 Å².